The second kappa shape index (κ2) is 5.69. The van der Waals surface area contributed by atoms with E-state index in [1.54, 1.807) is 22.7 Å². The number of rotatable bonds is 4. The lowest BCUT2D eigenvalue weighted by molar-refractivity contribution is -0.136. The minimum absolute atomic E-state index is 0.0962. The van der Waals surface area contributed by atoms with Crippen molar-refractivity contribution < 1.29 is 19.8 Å². The van der Waals surface area contributed by atoms with Crippen molar-refractivity contribution in [1.82, 2.24) is 14.4 Å². The van der Waals surface area contributed by atoms with E-state index in [4.69, 9.17) is 10.2 Å². The maximum Gasteiger partial charge on any atom is 0.328 e. The number of nitrogens with zero attached hydrogens (tertiary/aromatic N) is 2. The van der Waals surface area contributed by atoms with Crippen molar-refractivity contribution in [1.29, 1.82) is 0 Å². The van der Waals surface area contributed by atoms with Gasteiger partial charge in [-0.1, -0.05) is 18.2 Å². The van der Waals surface area contributed by atoms with Crippen molar-refractivity contribution in [3.05, 3.63) is 63.3 Å². The number of carbonyl (C=O) groups is 2. The molecule has 130 valence electrons. The third kappa shape index (κ3) is 2.48. The second-order valence-corrected chi connectivity index (χ2v) is 6.00. The zero-order valence-corrected chi connectivity index (χ0v) is 13.4. The van der Waals surface area contributed by atoms with Crippen molar-refractivity contribution in [2.75, 3.05) is 0 Å². The van der Waals surface area contributed by atoms with Crippen LogP contribution in [0.3, 0.4) is 0 Å². The minimum Gasteiger partial charge on any atom is -0.481 e. The third-order valence-corrected chi connectivity index (χ3v) is 4.37. The number of nitrogens with one attached hydrogen (secondary N) is 1. The summed E-state index contributed by atoms with van der Waals surface area (Å²) in [5.41, 5.74) is 3.92. The number of imidazole rings is 1. The highest BCUT2D eigenvalue weighted by molar-refractivity contribution is 5.85. The molecule has 0 atom stereocenters. The summed E-state index contributed by atoms with van der Waals surface area (Å²) in [5, 5.41) is 17.9. The summed E-state index contributed by atoms with van der Waals surface area (Å²) < 4.78 is 1.64. The van der Waals surface area contributed by atoms with Crippen LogP contribution in [-0.4, -0.2) is 36.5 Å². The Morgan fingerprint density at radius 2 is 2.12 bits per heavy atom. The number of aromatic nitrogens is 3. The lowest BCUT2D eigenvalue weighted by atomic mass is 10.0. The second-order valence-electron chi connectivity index (χ2n) is 6.00. The van der Waals surface area contributed by atoms with E-state index < -0.39 is 17.5 Å². The molecule has 0 unspecified atom stereocenters. The third-order valence-electron chi connectivity index (χ3n) is 4.37. The highest BCUT2D eigenvalue weighted by Crippen LogP contribution is 2.36. The number of H-pyrrole nitrogens is 1. The van der Waals surface area contributed by atoms with E-state index in [9.17, 15) is 14.4 Å². The van der Waals surface area contributed by atoms with Crippen LogP contribution in [0.15, 0.2) is 35.3 Å². The molecule has 3 aromatic rings. The average Bonchev–Trinajstić information content (AvgIpc) is 3.15. The van der Waals surface area contributed by atoms with Gasteiger partial charge in [0.05, 0.1) is 23.5 Å². The van der Waals surface area contributed by atoms with Crippen LogP contribution in [0.25, 0.3) is 23.0 Å². The van der Waals surface area contributed by atoms with Gasteiger partial charge in [0.15, 0.2) is 0 Å². The highest BCUT2D eigenvalue weighted by atomic mass is 16.4. The molecule has 4 rings (SSSR count). The molecule has 1 aromatic carbocycles. The average molecular weight is 351 g/mol. The maximum atomic E-state index is 12.4. The molecule has 1 aliphatic carbocycles. The summed E-state index contributed by atoms with van der Waals surface area (Å²) in [4.78, 5) is 41.2. The first kappa shape index (κ1) is 15.8. The Hall–Kier alpha value is -3.68. The predicted octanol–water partition coefficient (Wildman–Crippen LogP) is 1.32. The van der Waals surface area contributed by atoms with Crippen LogP contribution in [0.2, 0.25) is 0 Å². The van der Waals surface area contributed by atoms with Crippen molar-refractivity contribution in [2.45, 2.75) is 12.8 Å². The molecule has 2 heterocycles. The number of aliphatic carboxylic acids is 2. The maximum absolute atomic E-state index is 12.4. The number of carboxylic acids is 2. The standard InChI is InChI=1S/C18H13N3O5/c22-14(23)5-4-10-8-21-13-7-12-9(6-15(24)25)2-1-3-11(12)16(13)20-18(26)17(21)19-10/h1-5,8H,6-7H2,(H,20,26)(H,22,23)(H,24,25)/b5-4+. The first-order chi connectivity index (χ1) is 12.4. The molecular weight excluding hydrogens is 338 g/mol. The fraction of sp³-hybridized carbons (Fsp3) is 0.111. The van der Waals surface area contributed by atoms with Crippen molar-refractivity contribution in [3.63, 3.8) is 0 Å². The molecular formula is C18H13N3O5. The van der Waals surface area contributed by atoms with Crippen LogP contribution in [0.4, 0.5) is 0 Å². The summed E-state index contributed by atoms with van der Waals surface area (Å²) >= 11 is 0. The SMILES string of the molecule is O=C(O)/C=C/c1cn2c3c([nH]c(=O)c2n1)-c1cccc(CC(=O)O)c1C3. The molecule has 0 bridgehead atoms. The molecule has 0 spiro atoms. The quantitative estimate of drug-likeness (QED) is 0.476. The van der Waals surface area contributed by atoms with E-state index >= 15 is 0 Å². The number of carboxylic acid groups (broad SMARTS) is 2. The van der Waals surface area contributed by atoms with Crippen molar-refractivity contribution >= 4 is 23.7 Å². The Kier molecular flexibility index (Phi) is 3.47. The summed E-state index contributed by atoms with van der Waals surface area (Å²) in [6.45, 7) is 0. The normalized spacial score (nSPS) is 12.5. The summed E-state index contributed by atoms with van der Waals surface area (Å²) in [5.74, 6) is -2.02. The molecule has 8 nitrogen and oxygen atoms in total. The molecule has 0 amide bonds. The van der Waals surface area contributed by atoms with E-state index in [1.165, 1.54) is 6.08 Å². The highest BCUT2D eigenvalue weighted by Gasteiger charge is 2.26. The van der Waals surface area contributed by atoms with Gasteiger partial charge in [-0.25, -0.2) is 9.78 Å². The molecule has 8 heteroatoms. The fourth-order valence-corrected chi connectivity index (χ4v) is 3.33. The zero-order valence-electron chi connectivity index (χ0n) is 13.4. The van der Waals surface area contributed by atoms with Crippen LogP contribution < -0.4 is 5.56 Å². The fourth-order valence-electron chi connectivity index (χ4n) is 3.33. The van der Waals surface area contributed by atoms with Crippen molar-refractivity contribution in [2.24, 2.45) is 0 Å². The number of fused-ring (bicyclic) bond motifs is 5. The Labute approximate surface area is 146 Å². The number of hydrogen-bond acceptors (Lipinski definition) is 4. The summed E-state index contributed by atoms with van der Waals surface area (Å²) in [6, 6.07) is 5.38. The summed E-state index contributed by atoms with van der Waals surface area (Å²) in [6.07, 6.45) is 4.24. The monoisotopic (exact) mass is 351 g/mol. The van der Waals surface area contributed by atoms with Gasteiger partial charge in [-0.2, -0.15) is 0 Å². The minimum atomic E-state index is -1.10. The van der Waals surface area contributed by atoms with E-state index in [-0.39, 0.29) is 12.1 Å². The molecule has 0 saturated heterocycles. The van der Waals surface area contributed by atoms with Crippen molar-refractivity contribution in [3.8, 4) is 11.3 Å². The number of hydrogen-bond donors (Lipinski definition) is 3. The molecule has 0 fully saturated rings. The molecule has 26 heavy (non-hydrogen) atoms. The molecule has 3 N–H and O–H groups in total. The van der Waals surface area contributed by atoms with Crippen LogP contribution in [0, 0.1) is 0 Å². The van der Waals surface area contributed by atoms with Crippen LogP contribution >= 0.6 is 0 Å². The van der Waals surface area contributed by atoms with Gasteiger partial charge in [-0.3, -0.25) is 14.0 Å². The van der Waals surface area contributed by atoms with E-state index in [2.05, 4.69) is 9.97 Å². The first-order valence-corrected chi connectivity index (χ1v) is 7.82. The molecule has 0 aliphatic heterocycles. The van der Waals surface area contributed by atoms with Gasteiger partial charge in [-0.15, -0.1) is 0 Å². The van der Waals surface area contributed by atoms with E-state index in [0.717, 1.165) is 22.9 Å². The lowest BCUT2D eigenvalue weighted by Crippen LogP contribution is -2.13. The molecule has 2 aromatic heterocycles. The van der Waals surface area contributed by atoms with Gasteiger partial charge in [0.2, 0.25) is 5.65 Å². The van der Waals surface area contributed by atoms with E-state index in [0.29, 0.717) is 23.4 Å². The Balaban J connectivity index is 1.89. The van der Waals surface area contributed by atoms with Gasteiger partial charge < -0.3 is 15.2 Å². The predicted molar refractivity (Wildman–Crippen MR) is 92.1 cm³/mol. The smallest absolute Gasteiger partial charge is 0.328 e. The van der Waals surface area contributed by atoms with Gasteiger partial charge >= 0.3 is 11.9 Å². The van der Waals surface area contributed by atoms with Gasteiger partial charge in [0.25, 0.3) is 5.56 Å². The first-order valence-electron chi connectivity index (χ1n) is 7.82. The molecule has 1 aliphatic rings. The lowest BCUT2D eigenvalue weighted by Gasteiger charge is -2.05. The largest absolute Gasteiger partial charge is 0.481 e. The van der Waals surface area contributed by atoms with Gasteiger partial charge in [0.1, 0.15) is 0 Å². The Bertz CT molecular complexity index is 1170. The number of aromatic amines is 1. The van der Waals surface area contributed by atoms with Crippen LogP contribution in [0.1, 0.15) is 22.5 Å². The van der Waals surface area contributed by atoms with E-state index in [1.807, 2.05) is 6.07 Å². The zero-order chi connectivity index (χ0) is 18.4. The van der Waals surface area contributed by atoms with Crippen LogP contribution in [-0.2, 0) is 22.4 Å². The van der Waals surface area contributed by atoms with Gasteiger partial charge in [-0.05, 0) is 17.2 Å². The molecule has 0 saturated carbocycles. The van der Waals surface area contributed by atoms with Crippen LogP contribution in [0.5, 0.6) is 0 Å². The molecule has 0 radical (unpaired) electrons. The Morgan fingerprint density at radius 3 is 2.85 bits per heavy atom. The Morgan fingerprint density at radius 1 is 1.31 bits per heavy atom. The summed E-state index contributed by atoms with van der Waals surface area (Å²) in [7, 11) is 0. The topological polar surface area (TPSA) is 125 Å². The number of benzene rings is 1. The van der Waals surface area contributed by atoms with Gasteiger partial charge in [0, 0.05) is 24.3 Å².